The highest BCUT2D eigenvalue weighted by molar-refractivity contribution is 6.42. The molecule has 0 aliphatic heterocycles. The van der Waals surface area contributed by atoms with Crippen LogP contribution in [0, 0.1) is 0 Å². The molecule has 0 bridgehead atoms. The summed E-state index contributed by atoms with van der Waals surface area (Å²) in [5.41, 5.74) is 0. The highest BCUT2D eigenvalue weighted by Crippen LogP contribution is 2.26. The summed E-state index contributed by atoms with van der Waals surface area (Å²) in [6.45, 7) is 4.96. The van der Waals surface area contributed by atoms with E-state index < -0.39 is 0 Å². The van der Waals surface area contributed by atoms with Gasteiger partial charge in [-0.1, -0.05) is 36.5 Å². The quantitative estimate of drug-likeness (QED) is 0.720. The maximum Gasteiger partial charge on any atom is 0.120 e. The molecule has 0 radical (unpaired) electrons. The number of hydrogen-bond donors (Lipinski definition) is 1. The van der Waals surface area contributed by atoms with Crippen LogP contribution < -0.4 is 10.1 Å². The fourth-order valence-corrected chi connectivity index (χ4v) is 1.67. The lowest BCUT2D eigenvalue weighted by Gasteiger charge is -2.07. The molecule has 1 N–H and O–H groups in total. The fraction of sp³-hybridized carbons (Fsp3) is 0.538. The largest absolute Gasteiger partial charge is 0.493 e. The van der Waals surface area contributed by atoms with Gasteiger partial charge in [-0.2, -0.15) is 0 Å². The highest BCUT2D eigenvalue weighted by atomic mass is 35.5. The Morgan fingerprint density at radius 2 is 1.88 bits per heavy atom. The Kier molecular flexibility index (Phi) is 7.41. The van der Waals surface area contributed by atoms with E-state index in [9.17, 15) is 0 Å². The van der Waals surface area contributed by atoms with Crippen molar-refractivity contribution >= 4 is 23.2 Å². The predicted octanol–water partition coefficient (Wildman–Crippen LogP) is 4.15. The first kappa shape index (κ1) is 14.6. The van der Waals surface area contributed by atoms with Gasteiger partial charge < -0.3 is 10.1 Å². The first-order chi connectivity index (χ1) is 8.24. The molecule has 96 valence electrons. The molecule has 0 fully saturated rings. The van der Waals surface area contributed by atoms with Crippen LogP contribution in [-0.2, 0) is 0 Å². The van der Waals surface area contributed by atoms with Crippen LogP contribution in [0.3, 0.4) is 0 Å². The van der Waals surface area contributed by atoms with Crippen molar-refractivity contribution in [3.8, 4) is 5.75 Å². The number of nitrogens with one attached hydrogen (secondary N) is 1. The minimum atomic E-state index is 0.533. The van der Waals surface area contributed by atoms with Gasteiger partial charge in [0, 0.05) is 6.07 Å². The molecule has 0 saturated heterocycles. The lowest BCUT2D eigenvalue weighted by atomic mass is 10.3. The van der Waals surface area contributed by atoms with Gasteiger partial charge in [0.05, 0.1) is 16.7 Å². The summed E-state index contributed by atoms with van der Waals surface area (Å²) in [4.78, 5) is 0. The van der Waals surface area contributed by atoms with Crippen LogP contribution in [0.5, 0.6) is 5.75 Å². The molecule has 0 amide bonds. The van der Waals surface area contributed by atoms with Gasteiger partial charge in [0.15, 0.2) is 0 Å². The predicted molar refractivity (Wildman–Crippen MR) is 74.4 cm³/mol. The molecule has 0 heterocycles. The molecule has 0 aliphatic rings. The van der Waals surface area contributed by atoms with Gasteiger partial charge in [0.1, 0.15) is 5.75 Å². The third kappa shape index (κ3) is 6.16. The molecule has 0 aromatic heterocycles. The monoisotopic (exact) mass is 275 g/mol. The van der Waals surface area contributed by atoms with E-state index in [0.717, 1.165) is 25.3 Å². The smallest absolute Gasteiger partial charge is 0.120 e. The molecule has 17 heavy (non-hydrogen) atoms. The second kappa shape index (κ2) is 8.62. The van der Waals surface area contributed by atoms with Crippen LogP contribution in [0.2, 0.25) is 10.0 Å². The maximum atomic E-state index is 5.89. The number of halogens is 2. The van der Waals surface area contributed by atoms with E-state index in [1.54, 1.807) is 12.1 Å². The van der Waals surface area contributed by atoms with Gasteiger partial charge in [-0.3, -0.25) is 0 Å². The topological polar surface area (TPSA) is 21.3 Å². The Balaban J connectivity index is 2.11. The van der Waals surface area contributed by atoms with Crippen molar-refractivity contribution in [1.82, 2.24) is 5.32 Å². The first-order valence-corrected chi connectivity index (χ1v) is 6.78. The first-order valence-electron chi connectivity index (χ1n) is 6.02. The van der Waals surface area contributed by atoms with Crippen molar-refractivity contribution in [2.75, 3.05) is 19.7 Å². The molecule has 0 unspecified atom stereocenters. The minimum absolute atomic E-state index is 0.533. The van der Waals surface area contributed by atoms with Gasteiger partial charge in [0.2, 0.25) is 0 Å². The van der Waals surface area contributed by atoms with E-state index in [0.29, 0.717) is 16.7 Å². The Labute approximate surface area is 113 Å². The van der Waals surface area contributed by atoms with Crippen LogP contribution in [0.25, 0.3) is 0 Å². The van der Waals surface area contributed by atoms with Gasteiger partial charge in [-0.25, -0.2) is 0 Å². The highest BCUT2D eigenvalue weighted by Gasteiger charge is 1.99. The second-order valence-corrected chi connectivity index (χ2v) is 4.70. The van der Waals surface area contributed by atoms with Gasteiger partial charge in [0.25, 0.3) is 0 Å². The molecule has 0 saturated carbocycles. The summed E-state index contributed by atoms with van der Waals surface area (Å²) in [5.74, 6) is 0.771. The van der Waals surface area contributed by atoms with E-state index in [4.69, 9.17) is 27.9 Å². The average Bonchev–Trinajstić information content (AvgIpc) is 2.32. The Morgan fingerprint density at radius 1 is 1.12 bits per heavy atom. The van der Waals surface area contributed by atoms with Crippen molar-refractivity contribution in [2.24, 2.45) is 0 Å². The second-order valence-electron chi connectivity index (χ2n) is 3.88. The van der Waals surface area contributed by atoms with Crippen molar-refractivity contribution in [3.63, 3.8) is 0 Å². The molecule has 4 heteroatoms. The third-order valence-electron chi connectivity index (χ3n) is 2.36. The molecule has 1 aromatic carbocycles. The van der Waals surface area contributed by atoms with Crippen LogP contribution >= 0.6 is 23.2 Å². The number of benzene rings is 1. The molecule has 1 aromatic rings. The van der Waals surface area contributed by atoms with Crippen molar-refractivity contribution in [2.45, 2.75) is 26.2 Å². The van der Waals surface area contributed by atoms with Crippen molar-refractivity contribution in [1.29, 1.82) is 0 Å². The van der Waals surface area contributed by atoms with E-state index in [1.165, 1.54) is 12.8 Å². The molecule has 0 atom stereocenters. The van der Waals surface area contributed by atoms with E-state index in [1.807, 2.05) is 6.07 Å². The maximum absolute atomic E-state index is 5.89. The van der Waals surface area contributed by atoms with Gasteiger partial charge in [-0.15, -0.1) is 0 Å². The SMILES string of the molecule is CCCCNCCCOc1ccc(Cl)c(Cl)c1. The summed E-state index contributed by atoms with van der Waals surface area (Å²) < 4.78 is 5.57. The zero-order valence-corrected chi connectivity index (χ0v) is 11.7. The summed E-state index contributed by atoms with van der Waals surface area (Å²) >= 11 is 11.7. The number of ether oxygens (including phenoxy) is 1. The van der Waals surface area contributed by atoms with Crippen LogP contribution in [0.4, 0.5) is 0 Å². The summed E-state index contributed by atoms with van der Waals surface area (Å²) in [6.07, 6.45) is 3.45. The van der Waals surface area contributed by atoms with Crippen LogP contribution in [0.1, 0.15) is 26.2 Å². The van der Waals surface area contributed by atoms with E-state index in [-0.39, 0.29) is 0 Å². The van der Waals surface area contributed by atoms with Crippen molar-refractivity contribution in [3.05, 3.63) is 28.2 Å². The van der Waals surface area contributed by atoms with Crippen LogP contribution in [0.15, 0.2) is 18.2 Å². The minimum Gasteiger partial charge on any atom is -0.493 e. The zero-order valence-electron chi connectivity index (χ0n) is 10.1. The lowest BCUT2D eigenvalue weighted by Crippen LogP contribution is -2.18. The normalized spacial score (nSPS) is 10.5. The number of hydrogen-bond acceptors (Lipinski definition) is 2. The molecule has 0 spiro atoms. The molecule has 2 nitrogen and oxygen atoms in total. The zero-order chi connectivity index (χ0) is 12.5. The molecular weight excluding hydrogens is 257 g/mol. The fourth-order valence-electron chi connectivity index (χ4n) is 1.38. The Bertz CT molecular complexity index is 331. The lowest BCUT2D eigenvalue weighted by molar-refractivity contribution is 0.308. The molecule has 0 aliphatic carbocycles. The summed E-state index contributed by atoms with van der Waals surface area (Å²) in [5, 5.41) is 4.45. The molecular formula is C13H19Cl2NO. The third-order valence-corrected chi connectivity index (χ3v) is 3.10. The standard InChI is InChI=1S/C13H19Cl2NO/c1-2-3-7-16-8-4-9-17-11-5-6-12(14)13(15)10-11/h5-6,10,16H,2-4,7-9H2,1H3. The van der Waals surface area contributed by atoms with Gasteiger partial charge >= 0.3 is 0 Å². The number of unbranched alkanes of at least 4 members (excludes halogenated alkanes) is 1. The Hall–Kier alpha value is -0.440. The van der Waals surface area contributed by atoms with Crippen molar-refractivity contribution < 1.29 is 4.74 Å². The average molecular weight is 276 g/mol. The van der Waals surface area contributed by atoms with E-state index >= 15 is 0 Å². The van der Waals surface area contributed by atoms with Crippen LogP contribution in [-0.4, -0.2) is 19.7 Å². The van der Waals surface area contributed by atoms with Gasteiger partial charge in [-0.05, 0) is 38.1 Å². The Morgan fingerprint density at radius 3 is 2.59 bits per heavy atom. The summed E-state index contributed by atoms with van der Waals surface area (Å²) in [6, 6.07) is 5.33. The number of rotatable bonds is 8. The van der Waals surface area contributed by atoms with E-state index in [2.05, 4.69) is 12.2 Å². The molecule has 1 rings (SSSR count). The summed E-state index contributed by atoms with van der Waals surface area (Å²) in [7, 11) is 0.